The number of pyridine rings is 1. The summed E-state index contributed by atoms with van der Waals surface area (Å²) in [5, 5.41) is 14.9. The minimum Gasteiger partial charge on any atom is -0.475 e. The Morgan fingerprint density at radius 1 is 1.25 bits per heavy atom. The van der Waals surface area contributed by atoms with Crippen molar-refractivity contribution in [1.29, 1.82) is 0 Å². The molecule has 0 fully saturated rings. The van der Waals surface area contributed by atoms with Crippen LogP contribution in [0.3, 0.4) is 0 Å². The highest BCUT2D eigenvalue weighted by Crippen LogP contribution is 2.08. The number of aliphatic carboxylic acids is 1. The van der Waals surface area contributed by atoms with Crippen LogP contribution in [0.1, 0.15) is 28.3 Å². The third-order valence-corrected chi connectivity index (χ3v) is 2.57. The second-order valence-corrected chi connectivity index (χ2v) is 4.10. The molecule has 0 aliphatic heterocycles. The molecule has 0 atom stereocenters. The molecule has 0 radical (unpaired) electrons. The first kappa shape index (κ1) is 13.6. The highest BCUT2D eigenvalue weighted by Gasteiger charge is 2.19. The molecule has 0 aliphatic rings. The van der Waals surface area contributed by atoms with Gasteiger partial charge in [0.15, 0.2) is 5.78 Å². The zero-order chi connectivity index (χ0) is 14.5. The van der Waals surface area contributed by atoms with Crippen molar-refractivity contribution in [2.75, 3.05) is 0 Å². The molecule has 102 valence electrons. The van der Waals surface area contributed by atoms with Crippen LogP contribution in [-0.4, -0.2) is 37.8 Å². The molecule has 2 aromatic heterocycles. The van der Waals surface area contributed by atoms with Gasteiger partial charge in [0.05, 0.1) is 6.42 Å². The Kier molecular flexibility index (Phi) is 3.99. The van der Waals surface area contributed by atoms with Gasteiger partial charge in [-0.2, -0.15) is 5.10 Å². The first-order valence-electron chi connectivity index (χ1n) is 5.80. The number of hydrogen-bond donors (Lipinski definition) is 2. The molecule has 20 heavy (non-hydrogen) atoms. The Balaban J connectivity index is 2.04. The summed E-state index contributed by atoms with van der Waals surface area (Å²) in [7, 11) is 0. The maximum Gasteiger partial charge on any atom is 0.372 e. The van der Waals surface area contributed by atoms with Crippen molar-refractivity contribution in [2.45, 2.75) is 12.8 Å². The Bertz CT molecular complexity index is 649. The number of hydrogen-bond acceptors (Lipinski definition) is 5. The first-order valence-corrected chi connectivity index (χ1v) is 5.80. The lowest BCUT2D eigenvalue weighted by Crippen LogP contribution is -2.17. The maximum absolute atomic E-state index is 11.6. The summed E-state index contributed by atoms with van der Waals surface area (Å²) in [6.45, 7) is 0. The molecular weight excluding hydrogens is 262 g/mol. The van der Waals surface area contributed by atoms with Gasteiger partial charge in [-0.25, -0.2) is 4.79 Å². The number of carbonyl (C=O) groups is 3. The van der Waals surface area contributed by atoms with Crippen LogP contribution in [0.25, 0.3) is 0 Å². The molecule has 7 nitrogen and oxygen atoms in total. The van der Waals surface area contributed by atoms with Gasteiger partial charge in [-0.15, -0.1) is 0 Å². The average molecular weight is 273 g/mol. The van der Waals surface area contributed by atoms with Crippen LogP contribution in [0.4, 0.5) is 0 Å². The van der Waals surface area contributed by atoms with E-state index in [2.05, 4.69) is 15.2 Å². The Hall–Kier alpha value is -2.83. The van der Waals surface area contributed by atoms with Gasteiger partial charge in [-0.05, 0) is 18.2 Å². The molecule has 0 aromatic carbocycles. The molecule has 0 spiro atoms. The van der Waals surface area contributed by atoms with Crippen LogP contribution >= 0.6 is 0 Å². The number of ketones is 2. The zero-order valence-electron chi connectivity index (χ0n) is 10.4. The van der Waals surface area contributed by atoms with Crippen LogP contribution < -0.4 is 0 Å². The third kappa shape index (κ3) is 3.35. The van der Waals surface area contributed by atoms with Gasteiger partial charge in [0.1, 0.15) is 5.69 Å². The summed E-state index contributed by atoms with van der Waals surface area (Å²) in [5.41, 5.74) is 1.51. The highest BCUT2D eigenvalue weighted by molar-refractivity contribution is 6.37. The van der Waals surface area contributed by atoms with E-state index >= 15 is 0 Å². The van der Waals surface area contributed by atoms with Crippen molar-refractivity contribution in [3.05, 3.63) is 47.5 Å². The number of carboxylic acids is 1. The Morgan fingerprint density at radius 3 is 2.70 bits per heavy atom. The smallest absolute Gasteiger partial charge is 0.372 e. The number of nitrogens with zero attached hydrogens (tertiary/aromatic N) is 2. The predicted molar refractivity (Wildman–Crippen MR) is 67.2 cm³/mol. The number of aromatic nitrogens is 3. The van der Waals surface area contributed by atoms with Crippen molar-refractivity contribution < 1.29 is 19.5 Å². The first-order chi connectivity index (χ1) is 9.56. The fourth-order valence-electron chi connectivity index (χ4n) is 1.60. The number of Topliss-reactive ketones (excluding diaryl/α,β-unsaturated/α-hetero) is 2. The van der Waals surface area contributed by atoms with Crippen molar-refractivity contribution in [2.24, 2.45) is 0 Å². The van der Waals surface area contributed by atoms with Crippen molar-refractivity contribution in [3.63, 3.8) is 0 Å². The monoisotopic (exact) mass is 273 g/mol. The Labute approximate surface area is 113 Å². The minimum atomic E-state index is -1.62. The molecule has 2 N–H and O–H groups in total. The fraction of sp³-hybridized carbons (Fsp3) is 0.154. The topological polar surface area (TPSA) is 113 Å². The molecule has 0 saturated heterocycles. The zero-order valence-corrected chi connectivity index (χ0v) is 10.4. The molecule has 0 amide bonds. The molecule has 0 bridgehead atoms. The molecule has 2 heterocycles. The van der Waals surface area contributed by atoms with Gasteiger partial charge in [-0.1, -0.05) is 6.07 Å². The lowest BCUT2D eigenvalue weighted by Gasteiger charge is -1.95. The van der Waals surface area contributed by atoms with Crippen LogP contribution in [0, 0.1) is 0 Å². The van der Waals surface area contributed by atoms with E-state index in [-0.39, 0.29) is 5.69 Å². The highest BCUT2D eigenvalue weighted by atomic mass is 16.4. The lowest BCUT2D eigenvalue weighted by atomic mass is 10.1. The summed E-state index contributed by atoms with van der Waals surface area (Å²) in [5.74, 6) is -3.40. The Morgan fingerprint density at radius 2 is 2.05 bits per heavy atom. The van der Waals surface area contributed by atoms with Gasteiger partial charge in [0, 0.05) is 24.0 Å². The van der Waals surface area contributed by atoms with Crippen LogP contribution in [0.5, 0.6) is 0 Å². The number of nitrogens with one attached hydrogen (secondary N) is 1. The normalized spacial score (nSPS) is 10.2. The van der Waals surface area contributed by atoms with E-state index in [4.69, 9.17) is 5.11 Å². The summed E-state index contributed by atoms with van der Waals surface area (Å²) >= 11 is 0. The van der Waals surface area contributed by atoms with E-state index in [9.17, 15) is 14.4 Å². The minimum absolute atomic E-state index is 0.0468. The van der Waals surface area contributed by atoms with E-state index in [0.717, 1.165) is 5.69 Å². The quantitative estimate of drug-likeness (QED) is 0.453. The van der Waals surface area contributed by atoms with Gasteiger partial charge in [-0.3, -0.25) is 19.7 Å². The van der Waals surface area contributed by atoms with Gasteiger partial charge >= 0.3 is 5.97 Å². The summed E-state index contributed by atoms with van der Waals surface area (Å²) < 4.78 is 0. The number of carbonyl (C=O) groups excluding carboxylic acids is 2. The van der Waals surface area contributed by atoms with Gasteiger partial charge in [0.2, 0.25) is 5.78 Å². The predicted octanol–water partition coefficient (Wildman–Crippen LogP) is 0.622. The number of carboxylic acid groups (broad SMARTS) is 1. The van der Waals surface area contributed by atoms with Gasteiger partial charge in [0.25, 0.3) is 0 Å². The molecule has 2 aromatic rings. The molecule has 0 saturated carbocycles. The summed E-state index contributed by atoms with van der Waals surface area (Å²) in [6, 6.07) is 6.96. The van der Waals surface area contributed by atoms with Crippen molar-refractivity contribution in [1.82, 2.24) is 15.2 Å². The van der Waals surface area contributed by atoms with E-state index in [1.165, 1.54) is 6.07 Å². The molecule has 0 unspecified atom stereocenters. The average Bonchev–Trinajstić information content (AvgIpc) is 2.88. The maximum atomic E-state index is 11.6. The fourth-order valence-corrected chi connectivity index (χ4v) is 1.60. The summed E-state index contributed by atoms with van der Waals surface area (Å²) in [6.07, 6.45) is 1.43. The van der Waals surface area contributed by atoms with E-state index < -0.39 is 24.0 Å². The number of aromatic amines is 1. The van der Waals surface area contributed by atoms with E-state index in [0.29, 0.717) is 12.1 Å². The molecule has 0 aliphatic carbocycles. The molecular formula is C13H11N3O4. The van der Waals surface area contributed by atoms with E-state index in [1.54, 1.807) is 12.3 Å². The SMILES string of the molecule is O=C(O)C(=O)CC(=O)c1cc(Cc2ccccn2)[nH]n1. The molecule has 7 heteroatoms. The van der Waals surface area contributed by atoms with Crippen LogP contribution in [-0.2, 0) is 16.0 Å². The van der Waals surface area contributed by atoms with Crippen LogP contribution in [0.15, 0.2) is 30.5 Å². The van der Waals surface area contributed by atoms with Crippen LogP contribution in [0.2, 0.25) is 0 Å². The second-order valence-electron chi connectivity index (χ2n) is 4.10. The van der Waals surface area contributed by atoms with Gasteiger partial charge < -0.3 is 5.11 Å². The van der Waals surface area contributed by atoms with Crippen molar-refractivity contribution in [3.8, 4) is 0 Å². The second kappa shape index (κ2) is 5.87. The number of H-pyrrole nitrogens is 1. The van der Waals surface area contributed by atoms with Crippen molar-refractivity contribution >= 4 is 17.5 Å². The van der Waals surface area contributed by atoms with E-state index in [1.807, 2.05) is 12.1 Å². The third-order valence-electron chi connectivity index (χ3n) is 2.57. The standard InChI is InChI=1S/C13H11N3O4/c17-11(7-12(18)13(19)20)10-6-9(15-16-10)5-8-3-1-2-4-14-8/h1-4,6H,5,7H2,(H,15,16)(H,19,20). The lowest BCUT2D eigenvalue weighted by molar-refractivity contribution is -0.148. The summed E-state index contributed by atoms with van der Waals surface area (Å²) in [4.78, 5) is 37.1. The largest absolute Gasteiger partial charge is 0.475 e. The number of rotatable bonds is 6. The molecule has 2 rings (SSSR count).